The highest BCUT2D eigenvalue weighted by Crippen LogP contribution is 2.47. The molecule has 0 aromatic heterocycles. The first-order valence-corrected chi connectivity index (χ1v) is 11.9. The van der Waals surface area contributed by atoms with Crippen LogP contribution in [0.3, 0.4) is 0 Å². The number of carbonyl (C=O) groups excluding carboxylic acids is 2. The van der Waals surface area contributed by atoms with Crippen LogP contribution >= 0.6 is 0 Å². The average molecular weight is 459 g/mol. The molecule has 2 amide bonds. The lowest BCUT2D eigenvalue weighted by Crippen LogP contribution is -2.58. The highest BCUT2D eigenvalue weighted by Gasteiger charge is 2.51. The number of hydrogen-bond donors (Lipinski definition) is 3. The predicted octanol–water partition coefficient (Wildman–Crippen LogP) is 1.51. The minimum absolute atomic E-state index is 0.00101. The summed E-state index contributed by atoms with van der Waals surface area (Å²) in [4.78, 5) is 28.3. The molecule has 1 fully saturated rings. The summed E-state index contributed by atoms with van der Waals surface area (Å²) in [5, 5.41) is 23.4. The maximum atomic E-state index is 13.3. The molecule has 3 N–H and O–H groups in total. The predicted molar refractivity (Wildman–Crippen MR) is 122 cm³/mol. The minimum Gasteiger partial charge on any atom is -0.486 e. The Labute approximate surface area is 194 Å². The van der Waals surface area contributed by atoms with Gasteiger partial charge in [0.15, 0.2) is 0 Å². The van der Waals surface area contributed by atoms with E-state index in [4.69, 9.17) is 9.47 Å². The number of para-hydroxylation sites is 1. The smallest absolute Gasteiger partial charge is 0.247 e. The molecular weight excluding hydrogens is 424 g/mol. The number of ether oxygens (including phenoxy) is 2. The largest absolute Gasteiger partial charge is 0.486 e. The van der Waals surface area contributed by atoms with Gasteiger partial charge in [-0.3, -0.25) is 9.59 Å². The molecule has 33 heavy (non-hydrogen) atoms. The summed E-state index contributed by atoms with van der Waals surface area (Å²) in [6.45, 7) is 0.255. The molecule has 4 rings (SSSR count). The van der Waals surface area contributed by atoms with Crippen molar-refractivity contribution in [2.75, 3.05) is 26.9 Å². The van der Waals surface area contributed by atoms with E-state index < -0.39 is 24.2 Å². The molecular formula is C25H34N2O6. The average Bonchev–Trinajstić information content (AvgIpc) is 3.23. The second kappa shape index (κ2) is 10.7. The molecule has 0 unspecified atom stereocenters. The molecule has 0 spiro atoms. The van der Waals surface area contributed by atoms with Crippen LogP contribution < -0.4 is 10.1 Å². The standard InChI is InChI=1S/C25H34N2O6/c1-32-14-11-21(29)27(16-7-3-2-4-8-16)19-15-18(25(31)26-12-13-28)22-17-9-5-6-10-20(17)33-24(22)23(19)30/h5-6,9-10,15-16,19,22-24,28,30H,2-4,7-8,11-14H2,1H3,(H,26,31)/t19-,22+,23+,24+/m1/s1. The zero-order valence-electron chi connectivity index (χ0n) is 19.1. The molecule has 0 radical (unpaired) electrons. The molecule has 4 atom stereocenters. The van der Waals surface area contributed by atoms with Crippen LogP contribution in [0, 0.1) is 0 Å². The van der Waals surface area contributed by atoms with Crippen molar-refractivity contribution in [1.29, 1.82) is 0 Å². The summed E-state index contributed by atoms with van der Waals surface area (Å²) >= 11 is 0. The van der Waals surface area contributed by atoms with E-state index in [0.717, 1.165) is 37.7 Å². The number of fused-ring (bicyclic) bond motifs is 3. The number of carbonyl (C=O) groups is 2. The van der Waals surface area contributed by atoms with Crippen LogP contribution in [0.4, 0.5) is 0 Å². The number of aliphatic hydroxyl groups is 2. The van der Waals surface area contributed by atoms with Crippen LogP contribution in [0.25, 0.3) is 0 Å². The van der Waals surface area contributed by atoms with Crippen molar-refractivity contribution in [2.45, 2.75) is 68.7 Å². The van der Waals surface area contributed by atoms with Crippen molar-refractivity contribution in [3.05, 3.63) is 41.5 Å². The Morgan fingerprint density at radius 3 is 2.70 bits per heavy atom. The number of amides is 2. The van der Waals surface area contributed by atoms with Crippen molar-refractivity contribution < 1.29 is 29.3 Å². The normalized spacial score (nSPS) is 26.6. The number of methoxy groups -OCH3 is 1. The van der Waals surface area contributed by atoms with Crippen LogP contribution in [0.1, 0.15) is 50.0 Å². The van der Waals surface area contributed by atoms with Gasteiger partial charge >= 0.3 is 0 Å². The highest BCUT2D eigenvalue weighted by atomic mass is 16.5. The van der Waals surface area contributed by atoms with Crippen LogP contribution in [0.5, 0.6) is 5.75 Å². The summed E-state index contributed by atoms with van der Waals surface area (Å²) in [5.41, 5.74) is 1.31. The fraction of sp³-hybridized carbons (Fsp3) is 0.600. The van der Waals surface area contributed by atoms with Gasteiger partial charge in [0.1, 0.15) is 18.0 Å². The van der Waals surface area contributed by atoms with Crippen molar-refractivity contribution in [3.8, 4) is 5.75 Å². The van der Waals surface area contributed by atoms with Crippen molar-refractivity contribution in [2.24, 2.45) is 0 Å². The summed E-state index contributed by atoms with van der Waals surface area (Å²) in [7, 11) is 1.56. The van der Waals surface area contributed by atoms with Gasteiger partial charge in [0.2, 0.25) is 11.8 Å². The number of aliphatic hydroxyl groups excluding tert-OH is 2. The number of benzene rings is 1. The van der Waals surface area contributed by atoms with Gasteiger partial charge in [-0.05, 0) is 25.0 Å². The van der Waals surface area contributed by atoms with Gasteiger partial charge in [-0.2, -0.15) is 0 Å². The first kappa shape index (κ1) is 23.7. The quantitative estimate of drug-likeness (QED) is 0.545. The zero-order valence-corrected chi connectivity index (χ0v) is 19.1. The van der Waals surface area contributed by atoms with E-state index in [1.807, 2.05) is 24.3 Å². The fourth-order valence-corrected chi connectivity index (χ4v) is 5.45. The molecule has 1 aliphatic heterocycles. The van der Waals surface area contributed by atoms with E-state index in [9.17, 15) is 19.8 Å². The molecule has 2 aliphatic carbocycles. The Bertz CT molecular complexity index is 881. The van der Waals surface area contributed by atoms with Crippen molar-refractivity contribution in [3.63, 3.8) is 0 Å². The van der Waals surface area contributed by atoms with Crippen LogP contribution in [-0.4, -0.2) is 78.1 Å². The Balaban J connectivity index is 1.73. The van der Waals surface area contributed by atoms with Gasteiger partial charge in [-0.25, -0.2) is 0 Å². The van der Waals surface area contributed by atoms with Gasteiger partial charge < -0.3 is 29.9 Å². The molecule has 8 nitrogen and oxygen atoms in total. The SMILES string of the molecule is COCCC(=O)N(C1CCCCC1)[C@@H]1C=C(C(=O)NCCO)[C@@H]2c3ccccc3O[C@@H]2[C@H]1O. The first-order chi connectivity index (χ1) is 16.1. The molecule has 3 aliphatic rings. The van der Waals surface area contributed by atoms with Gasteiger partial charge in [0.25, 0.3) is 0 Å². The van der Waals surface area contributed by atoms with Gasteiger partial charge in [-0.1, -0.05) is 37.5 Å². The summed E-state index contributed by atoms with van der Waals surface area (Å²) < 4.78 is 11.3. The Hall–Kier alpha value is -2.42. The Morgan fingerprint density at radius 2 is 1.97 bits per heavy atom. The molecule has 1 aromatic rings. The molecule has 1 saturated carbocycles. The Morgan fingerprint density at radius 1 is 1.21 bits per heavy atom. The number of nitrogens with one attached hydrogen (secondary N) is 1. The molecule has 0 saturated heterocycles. The van der Waals surface area contributed by atoms with Crippen LogP contribution in [0.15, 0.2) is 35.9 Å². The van der Waals surface area contributed by atoms with Gasteiger partial charge in [0, 0.05) is 30.8 Å². The van der Waals surface area contributed by atoms with E-state index in [1.54, 1.807) is 18.1 Å². The number of rotatable bonds is 8. The molecule has 0 bridgehead atoms. The second-order valence-corrected chi connectivity index (χ2v) is 9.02. The molecule has 180 valence electrons. The second-order valence-electron chi connectivity index (χ2n) is 9.02. The number of nitrogens with zero attached hydrogens (tertiary/aromatic N) is 1. The lowest BCUT2D eigenvalue weighted by Gasteiger charge is -2.45. The summed E-state index contributed by atoms with van der Waals surface area (Å²) in [5.74, 6) is -0.200. The van der Waals surface area contributed by atoms with E-state index in [2.05, 4.69) is 5.32 Å². The van der Waals surface area contributed by atoms with E-state index in [0.29, 0.717) is 17.9 Å². The number of hydrogen-bond acceptors (Lipinski definition) is 6. The molecule has 8 heteroatoms. The highest BCUT2D eigenvalue weighted by molar-refractivity contribution is 5.96. The third-order valence-corrected chi connectivity index (χ3v) is 6.97. The van der Waals surface area contributed by atoms with E-state index in [-0.39, 0.29) is 37.4 Å². The molecule has 1 heterocycles. The van der Waals surface area contributed by atoms with E-state index in [1.165, 1.54) is 0 Å². The lowest BCUT2D eigenvalue weighted by atomic mass is 9.77. The molecule has 1 aromatic carbocycles. The van der Waals surface area contributed by atoms with Crippen molar-refractivity contribution >= 4 is 11.8 Å². The zero-order chi connectivity index (χ0) is 23.4. The fourth-order valence-electron chi connectivity index (χ4n) is 5.45. The maximum Gasteiger partial charge on any atom is 0.247 e. The van der Waals surface area contributed by atoms with Crippen LogP contribution in [0.2, 0.25) is 0 Å². The van der Waals surface area contributed by atoms with Crippen molar-refractivity contribution in [1.82, 2.24) is 10.2 Å². The lowest BCUT2D eigenvalue weighted by molar-refractivity contribution is -0.142. The Kier molecular flexibility index (Phi) is 7.67. The maximum absolute atomic E-state index is 13.3. The third-order valence-electron chi connectivity index (χ3n) is 6.97. The van der Waals surface area contributed by atoms with E-state index >= 15 is 0 Å². The summed E-state index contributed by atoms with van der Waals surface area (Å²) in [6, 6.07) is 6.81. The van der Waals surface area contributed by atoms with Gasteiger partial charge in [0.05, 0.1) is 31.6 Å². The van der Waals surface area contributed by atoms with Crippen LogP contribution in [-0.2, 0) is 14.3 Å². The topological polar surface area (TPSA) is 108 Å². The van der Waals surface area contributed by atoms with Gasteiger partial charge in [-0.15, -0.1) is 0 Å². The third kappa shape index (κ3) is 4.78. The monoisotopic (exact) mass is 458 g/mol. The first-order valence-electron chi connectivity index (χ1n) is 11.9. The summed E-state index contributed by atoms with van der Waals surface area (Å²) in [6.07, 6.45) is 5.26. The minimum atomic E-state index is -0.981.